The van der Waals surface area contributed by atoms with Crippen molar-refractivity contribution in [3.63, 3.8) is 0 Å². The van der Waals surface area contributed by atoms with Crippen molar-refractivity contribution in [2.45, 2.75) is 25.7 Å². The van der Waals surface area contributed by atoms with Gasteiger partial charge >= 0.3 is 0 Å². The number of piperidine rings is 2. The number of amides is 3. The summed E-state index contributed by atoms with van der Waals surface area (Å²) < 4.78 is 1.61. The van der Waals surface area contributed by atoms with Crippen LogP contribution in [0.3, 0.4) is 0 Å². The standard InChI is InChI=1S/C24H30ClN5O3/c1-28-15-20(14-27-28)22(31)26-13-17-8-11-29(12-9-17)24(33)19-3-2-10-30(16-19)23(32)18-4-6-21(25)7-5-18/h4-7,14-15,17,19H,2-3,8-13,16H2,1H3,(H,26,31). The predicted octanol–water partition coefficient (Wildman–Crippen LogP) is 2.59. The van der Waals surface area contributed by atoms with Gasteiger partial charge in [-0.05, 0) is 55.9 Å². The summed E-state index contributed by atoms with van der Waals surface area (Å²) in [6.45, 7) is 3.11. The Bertz CT molecular complexity index is 998. The predicted molar refractivity (Wildman–Crippen MR) is 125 cm³/mol. The maximum absolute atomic E-state index is 13.2. The summed E-state index contributed by atoms with van der Waals surface area (Å²) in [4.78, 5) is 41.9. The van der Waals surface area contributed by atoms with Gasteiger partial charge in [-0.1, -0.05) is 11.6 Å². The molecule has 3 amide bonds. The van der Waals surface area contributed by atoms with Crippen LogP contribution in [0.2, 0.25) is 5.02 Å². The number of carbonyl (C=O) groups excluding carboxylic acids is 3. The van der Waals surface area contributed by atoms with E-state index in [-0.39, 0.29) is 23.6 Å². The van der Waals surface area contributed by atoms with Gasteiger partial charge in [-0.25, -0.2) is 0 Å². The molecule has 2 aromatic rings. The Morgan fingerprint density at radius 3 is 2.42 bits per heavy atom. The fraction of sp³-hybridized carbons (Fsp3) is 0.500. The molecule has 2 aliphatic rings. The number of nitrogens with one attached hydrogen (secondary N) is 1. The van der Waals surface area contributed by atoms with Crippen molar-refractivity contribution < 1.29 is 14.4 Å². The monoisotopic (exact) mass is 471 g/mol. The summed E-state index contributed by atoms with van der Waals surface area (Å²) in [5.41, 5.74) is 1.15. The van der Waals surface area contributed by atoms with E-state index in [0.29, 0.717) is 54.8 Å². The first kappa shape index (κ1) is 23.3. The van der Waals surface area contributed by atoms with Crippen molar-refractivity contribution >= 4 is 29.3 Å². The number of aryl methyl sites for hydroxylation is 1. The van der Waals surface area contributed by atoms with Crippen LogP contribution in [0.4, 0.5) is 0 Å². The number of likely N-dealkylation sites (tertiary alicyclic amines) is 2. The Hall–Kier alpha value is -2.87. The molecule has 33 heavy (non-hydrogen) atoms. The average molecular weight is 472 g/mol. The van der Waals surface area contributed by atoms with Crippen LogP contribution in [-0.2, 0) is 11.8 Å². The second-order valence-corrected chi connectivity index (χ2v) is 9.42. The maximum Gasteiger partial charge on any atom is 0.254 e. The maximum atomic E-state index is 13.2. The summed E-state index contributed by atoms with van der Waals surface area (Å²) in [6.07, 6.45) is 6.61. The van der Waals surface area contributed by atoms with Gasteiger partial charge in [0.15, 0.2) is 0 Å². The van der Waals surface area contributed by atoms with Crippen LogP contribution in [-0.4, -0.2) is 70.0 Å². The third-order valence-corrected chi connectivity index (χ3v) is 6.85. The first-order valence-electron chi connectivity index (χ1n) is 11.5. The molecule has 4 rings (SSSR count). The van der Waals surface area contributed by atoms with Gasteiger partial charge in [0.05, 0.1) is 17.7 Å². The van der Waals surface area contributed by atoms with Crippen LogP contribution in [0.1, 0.15) is 46.4 Å². The van der Waals surface area contributed by atoms with Gasteiger partial charge < -0.3 is 15.1 Å². The minimum absolute atomic E-state index is 0.0489. The van der Waals surface area contributed by atoms with Crippen molar-refractivity contribution in [3.8, 4) is 0 Å². The molecular weight excluding hydrogens is 442 g/mol. The second-order valence-electron chi connectivity index (χ2n) is 8.98. The highest BCUT2D eigenvalue weighted by molar-refractivity contribution is 6.30. The summed E-state index contributed by atoms with van der Waals surface area (Å²) in [6, 6.07) is 6.89. The normalized spacial score (nSPS) is 19.4. The molecule has 0 saturated carbocycles. The van der Waals surface area contributed by atoms with Crippen molar-refractivity contribution in [1.82, 2.24) is 24.9 Å². The first-order chi connectivity index (χ1) is 15.9. The molecule has 1 N–H and O–H groups in total. The number of aromatic nitrogens is 2. The summed E-state index contributed by atoms with van der Waals surface area (Å²) in [5, 5.41) is 7.60. The zero-order valence-electron chi connectivity index (χ0n) is 18.9. The third-order valence-electron chi connectivity index (χ3n) is 6.59. The lowest BCUT2D eigenvalue weighted by Crippen LogP contribution is -2.49. The number of carbonyl (C=O) groups is 3. The largest absolute Gasteiger partial charge is 0.352 e. The van der Waals surface area contributed by atoms with Gasteiger partial charge in [0, 0.05) is 56.6 Å². The molecule has 2 saturated heterocycles. The van der Waals surface area contributed by atoms with E-state index in [2.05, 4.69) is 10.4 Å². The van der Waals surface area contributed by atoms with Crippen molar-refractivity contribution in [1.29, 1.82) is 0 Å². The molecule has 8 nitrogen and oxygen atoms in total. The Balaban J connectivity index is 1.24. The number of halogens is 1. The molecule has 1 aromatic heterocycles. The Labute approximate surface area is 198 Å². The molecule has 176 valence electrons. The Morgan fingerprint density at radius 1 is 1.03 bits per heavy atom. The number of hydrogen-bond acceptors (Lipinski definition) is 4. The van der Waals surface area contributed by atoms with Gasteiger partial charge in [-0.2, -0.15) is 5.10 Å². The van der Waals surface area contributed by atoms with E-state index in [4.69, 9.17) is 11.6 Å². The fourth-order valence-corrected chi connectivity index (χ4v) is 4.76. The number of nitrogens with zero attached hydrogens (tertiary/aromatic N) is 4. The van der Waals surface area contributed by atoms with Crippen molar-refractivity contribution in [2.24, 2.45) is 18.9 Å². The van der Waals surface area contributed by atoms with Crippen molar-refractivity contribution in [3.05, 3.63) is 52.8 Å². The van der Waals surface area contributed by atoms with Crippen LogP contribution in [0, 0.1) is 11.8 Å². The molecule has 9 heteroatoms. The van der Waals surface area contributed by atoms with Crippen LogP contribution in [0.5, 0.6) is 0 Å². The van der Waals surface area contributed by atoms with E-state index in [1.165, 1.54) is 0 Å². The zero-order chi connectivity index (χ0) is 23.4. The Morgan fingerprint density at radius 2 is 1.76 bits per heavy atom. The highest BCUT2D eigenvalue weighted by Crippen LogP contribution is 2.24. The molecule has 0 spiro atoms. The number of hydrogen-bond donors (Lipinski definition) is 1. The van der Waals surface area contributed by atoms with E-state index in [9.17, 15) is 14.4 Å². The first-order valence-corrected chi connectivity index (χ1v) is 11.9. The molecule has 1 unspecified atom stereocenters. The lowest BCUT2D eigenvalue weighted by Gasteiger charge is -2.38. The van der Waals surface area contributed by atoms with E-state index < -0.39 is 0 Å². The van der Waals surface area contributed by atoms with E-state index in [1.54, 1.807) is 53.3 Å². The lowest BCUT2D eigenvalue weighted by atomic mass is 9.92. The molecule has 0 bridgehead atoms. The number of benzene rings is 1. The quantitative estimate of drug-likeness (QED) is 0.726. The summed E-state index contributed by atoms with van der Waals surface area (Å²) >= 11 is 5.93. The minimum Gasteiger partial charge on any atom is -0.352 e. The van der Waals surface area contributed by atoms with Gasteiger partial charge in [0.25, 0.3) is 11.8 Å². The second kappa shape index (κ2) is 10.4. The molecule has 1 aromatic carbocycles. The third kappa shape index (κ3) is 5.74. The molecule has 0 radical (unpaired) electrons. The molecule has 2 fully saturated rings. The van der Waals surface area contributed by atoms with Crippen molar-refractivity contribution in [2.75, 3.05) is 32.7 Å². The molecule has 1 atom stereocenters. The summed E-state index contributed by atoms with van der Waals surface area (Å²) in [5.74, 6) is 0.170. The van der Waals surface area contributed by atoms with Gasteiger partial charge in [-0.3, -0.25) is 19.1 Å². The molecule has 3 heterocycles. The number of rotatable bonds is 5. The van der Waals surface area contributed by atoms with Gasteiger partial charge in [0.1, 0.15) is 0 Å². The average Bonchev–Trinajstić information content (AvgIpc) is 3.29. The highest BCUT2D eigenvalue weighted by Gasteiger charge is 2.33. The van der Waals surface area contributed by atoms with Gasteiger partial charge in [-0.15, -0.1) is 0 Å². The minimum atomic E-state index is -0.156. The van der Waals surface area contributed by atoms with Crippen LogP contribution in [0.25, 0.3) is 0 Å². The lowest BCUT2D eigenvalue weighted by molar-refractivity contribution is -0.138. The van der Waals surface area contributed by atoms with E-state index >= 15 is 0 Å². The Kier molecular flexibility index (Phi) is 7.33. The topological polar surface area (TPSA) is 87.5 Å². The molecular formula is C24H30ClN5O3. The SMILES string of the molecule is Cn1cc(C(=O)NCC2CCN(C(=O)C3CCCN(C(=O)c4ccc(Cl)cc4)C3)CC2)cn1. The zero-order valence-corrected chi connectivity index (χ0v) is 19.6. The molecule has 0 aliphatic carbocycles. The van der Waals surface area contributed by atoms with E-state index in [0.717, 1.165) is 25.7 Å². The molecule has 2 aliphatic heterocycles. The van der Waals surface area contributed by atoms with Crippen LogP contribution in [0.15, 0.2) is 36.7 Å². The van der Waals surface area contributed by atoms with Crippen LogP contribution < -0.4 is 5.32 Å². The highest BCUT2D eigenvalue weighted by atomic mass is 35.5. The smallest absolute Gasteiger partial charge is 0.254 e. The van der Waals surface area contributed by atoms with Crippen LogP contribution >= 0.6 is 11.6 Å². The fourth-order valence-electron chi connectivity index (χ4n) is 4.63. The van der Waals surface area contributed by atoms with Gasteiger partial charge in [0.2, 0.25) is 5.91 Å². The van der Waals surface area contributed by atoms with E-state index in [1.807, 2.05) is 4.90 Å². The summed E-state index contributed by atoms with van der Waals surface area (Å²) in [7, 11) is 1.78.